The zero-order chi connectivity index (χ0) is 23.4. The first-order valence-corrected chi connectivity index (χ1v) is 11.5. The van der Waals surface area contributed by atoms with Crippen molar-refractivity contribution < 1.29 is 19.1 Å². The summed E-state index contributed by atoms with van der Waals surface area (Å²) in [6.07, 6.45) is 1.71. The zero-order valence-corrected chi connectivity index (χ0v) is 19.5. The number of carbonyl (C=O) groups excluding carboxylic acids is 2. The molecule has 0 aliphatic carbocycles. The van der Waals surface area contributed by atoms with Gasteiger partial charge in [0.1, 0.15) is 17.2 Å². The highest BCUT2D eigenvalue weighted by Crippen LogP contribution is 2.34. The lowest BCUT2D eigenvalue weighted by molar-refractivity contribution is -0.137. The molecule has 174 valence electrons. The number of unbranched alkanes of at least 4 members (excludes halogenated alkanes) is 1. The number of piperazine rings is 1. The van der Waals surface area contributed by atoms with Crippen LogP contribution in [0.3, 0.4) is 0 Å². The summed E-state index contributed by atoms with van der Waals surface area (Å²) in [5.41, 5.74) is 2.79. The summed E-state index contributed by atoms with van der Waals surface area (Å²) in [6.45, 7) is 5.26. The predicted molar refractivity (Wildman–Crippen MR) is 128 cm³/mol. The lowest BCUT2D eigenvalue weighted by Crippen LogP contribution is -2.47. The molecule has 0 radical (unpaired) electrons. The molecule has 1 fully saturated rings. The fraction of sp³-hybridized carbons (Fsp3) is 0.385. The van der Waals surface area contributed by atoms with Crippen LogP contribution in [0.1, 0.15) is 25.3 Å². The Morgan fingerprint density at radius 1 is 0.818 bits per heavy atom. The Kier molecular flexibility index (Phi) is 6.87. The highest BCUT2D eigenvalue weighted by molar-refractivity contribution is 6.35. The molecular formula is C26H31N3O4. The van der Waals surface area contributed by atoms with Gasteiger partial charge >= 0.3 is 0 Å². The molecule has 4 rings (SSSR count). The van der Waals surface area contributed by atoms with Gasteiger partial charge in [-0.1, -0.05) is 37.6 Å². The Morgan fingerprint density at radius 2 is 1.48 bits per heavy atom. The van der Waals surface area contributed by atoms with Gasteiger partial charge in [0.15, 0.2) is 0 Å². The van der Waals surface area contributed by atoms with Gasteiger partial charge < -0.3 is 19.3 Å². The normalized spacial score (nSPS) is 16.6. The maximum Gasteiger partial charge on any atom is 0.277 e. The molecule has 2 heterocycles. The van der Waals surface area contributed by atoms with E-state index >= 15 is 0 Å². The van der Waals surface area contributed by atoms with Crippen LogP contribution < -0.4 is 14.4 Å². The highest BCUT2D eigenvalue weighted by atomic mass is 16.5. The number of hydrogen-bond donors (Lipinski definition) is 0. The number of imide groups is 1. The number of rotatable bonds is 8. The number of benzene rings is 2. The molecule has 2 aromatic rings. The second-order valence-corrected chi connectivity index (χ2v) is 8.21. The van der Waals surface area contributed by atoms with Crippen molar-refractivity contribution in [3.63, 3.8) is 0 Å². The molecule has 0 spiro atoms. The fourth-order valence-corrected chi connectivity index (χ4v) is 4.46. The van der Waals surface area contributed by atoms with E-state index in [4.69, 9.17) is 9.47 Å². The standard InChI is InChI=1S/C26H31N3O4/c1-4-5-14-29-25(30)23(19-10-12-20(32-2)13-11-19)24(26(29)31)28-17-15-27(16-18-28)21-8-6-7-9-22(21)33-3/h6-13H,4-5,14-18H2,1-3H3. The summed E-state index contributed by atoms with van der Waals surface area (Å²) in [4.78, 5) is 32.5. The van der Waals surface area contributed by atoms with Crippen molar-refractivity contribution >= 4 is 23.1 Å². The van der Waals surface area contributed by atoms with Crippen LogP contribution in [0.15, 0.2) is 54.2 Å². The van der Waals surface area contributed by atoms with E-state index in [-0.39, 0.29) is 11.8 Å². The number of carbonyl (C=O) groups is 2. The number of nitrogens with zero attached hydrogens (tertiary/aromatic N) is 3. The molecule has 0 unspecified atom stereocenters. The van der Waals surface area contributed by atoms with Crippen molar-refractivity contribution in [1.29, 1.82) is 0 Å². The molecular weight excluding hydrogens is 418 g/mol. The van der Waals surface area contributed by atoms with Gasteiger partial charge in [0, 0.05) is 32.7 Å². The van der Waals surface area contributed by atoms with E-state index in [1.165, 1.54) is 4.90 Å². The molecule has 2 aliphatic rings. The van der Waals surface area contributed by atoms with E-state index < -0.39 is 0 Å². The Morgan fingerprint density at radius 3 is 2.12 bits per heavy atom. The molecule has 2 aromatic carbocycles. The van der Waals surface area contributed by atoms with Crippen molar-refractivity contribution in [2.45, 2.75) is 19.8 Å². The first kappa shape index (κ1) is 22.7. The maximum absolute atomic E-state index is 13.4. The Hall–Kier alpha value is -3.48. The van der Waals surface area contributed by atoms with Gasteiger partial charge in [0.05, 0.1) is 25.5 Å². The number of hydrogen-bond acceptors (Lipinski definition) is 6. The van der Waals surface area contributed by atoms with Gasteiger partial charge in [-0.15, -0.1) is 0 Å². The molecule has 0 N–H and O–H groups in total. The summed E-state index contributed by atoms with van der Waals surface area (Å²) in [5.74, 6) is 1.15. The largest absolute Gasteiger partial charge is 0.497 e. The molecule has 7 heteroatoms. The third kappa shape index (κ3) is 4.40. The second kappa shape index (κ2) is 9.98. The van der Waals surface area contributed by atoms with Crippen LogP contribution in [-0.2, 0) is 9.59 Å². The highest BCUT2D eigenvalue weighted by Gasteiger charge is 2.41. The Balaban J connectivity index is 1.62. The van der Waals surface area contributed by atoms with Gasteiger partial charge in [-0.2, -0.15) is 0 Å². The van der Waals surface area contributed by atoms with Crippen LogP contribution in [0.4, 0.5) is 5.69 Å². The summed E-state index contributed by atoms with van der Waals surface area (Å²) in [5, 5.41) is 0. The third-order valence-corrected chi connectivity index (χ3v) is 6.28. The Bertz CT molecular complexity index is 1040. The quantitative estimate of drug-likeness (QED) is 0.576. The lowest BCUT2D eigenvalue weighted by Gasteiger charge is -2.38. The average molecular weight is 450 g/mol. The molecule has 7 nitrogen and oxygen atoms in total. The van der Waals surface area contributed by atoms with Crippen molar-refractivity contribution in [3.05, 3.63) is 59.8 Å². The molecule has 0 atom stereocenters. The summed E-state index contributed by atoms with van der Waals surface area (Å²) in [6, 6.07) is 15.3. The number of methoxy groups -OCH3 is 2. The van der Waals surface area contributed by atoms with E-state index in [9.17, 15) is 9.59 Å². The van der Waals surface area contributed by atoms with Gasteiger partial charge in [-0.05, 0) is 36.2 Å². The summed E-state index contributed by atoms with van der Waals surface area (Å²) in [7, 11) is 3.28. The van der Waals surface area contributed by atoms with E-state index in [2.05, 4.69) is 16.7 Å². The van der Waals surface area contributed by atoms with Gasteiger partial charge in [-0.3, -0.25) is 14.5 Å². The van der Waals surface area contributed by atoms with Crippen LogP contribution in [-0.4, -0.2) is 68.6 Å². The minimum Gasteiger partial charge on any atom is -0.497 e. The van der Waals surface area contributed by atoms with E-state index in [1.54, 1.807) is 14.2 Å². The van der Waals surface area contributed by atoms with Crippen LogP contribution in [0.25, 0.3) is 5.57 Å². The molecule has 1 saturated heterocycles. The van der Waals surface area contributed by atoms with Gasteiger partial charge in [-0.25, -0.2) is 0 Å². The van der Waals surface area contributed by atoms with Crippen molar-refractivity contribution in [2.75, 3.05) is 51.8 Å². The minimum atomic E-state index is -0.208. The van der Waals surface area contributed by atoms with Crippen LogP contribution in [0.5, 0.6) is 11.5 Å². The molecule has 2 amide bonds. The monoisotopic (exact) mass is 449 g/mol. The SMILES string of the molecule is CCCCN1C(=O)C(c2ccc(OC)cc2)=C(N2CCN(c3ccccc3OC)CC2)C1=O. The number of ether oxygens (including phenoxy) is 2. The van der Waals surface area contributed by atoms with Gasteiger partial charge in [0.25, 0.3) is 11.8 Å². The smallest absolute Gasteiger partial charge is 0.277 e. The maximum atomic E-state index is 13.4. The molecule has 33 heavy (non-hydrogen) atoms. The van der Waals surface area contributed by atoms with Crippen molar-refractivity contribution in [3.8, 4) is 11.5 Å². The molecule has 2 aliphatic heterocycles. The third-order valence-electron chi connectivity index (χ3n) is 6.28. The first-order valence-electron chi connectivity index (χ1n) is 11.5. The predicted octanol–water partition coefficient (Wildman–Crippen LogP) is 3.41. The average Bonchev–Trinajstić information content (AvgIpc) is 3.12. The van der Waals surface area contributed by atoms with Crippen molar-refractivity contribution in [1.82, 2.24) is 9.80 Å². The van der Waals surface area contributed by atoms with Crippen LogP contribution in [0.2, 0.25) is 0 Å². The van der Waals surface area contributed by atoms with E-state index in [0.717, 1.165) is 42.9 Å². The topological polar surface area (TPSA) is 62.3 Å². The second-order valence-electron chi connectivity index (χ2n) is 8.21. The van der Waals surface area contributed by atoms with E-state index in [0.29, 0.717) is 36.7 Å². The molecule has 0 aromatic heterocycles. The summed E-state index contributed by atoms with van der Waals surface area (Å²) >= 11 is 0. The zero-order valence-electron chi connectivity index (χ0n) is 19.5. The van der Waals surface area contributed by atoms with E-state index in [1.807, 2.05) is 48.5 Å². The summed E-state index contributed by atoms with van der Waals surface area (Å²) < 4.78 is 10.8. The van der Waals surface area contributed by atoms with Crippen LogP contribution >= 0.6 is 0 Å². The lowest BCUT2D eigenvalue weighted by atomic mass is 10.0. The minimum absolute atomic E-state index is 0.190. The number of anilines is 1. The first-order chi connectivity index (χ1) is 16.1. The van der Waals surface area contributed by atoms with Crippen LogP contribution in [0, 0.1) is 0 Å². The molecule has 0 saturated carbocycles. The number of para-hydroxylation sites is 2. The van der Waals surface area contributed by atoms with Gasteiger partial charge in [0.2, 0.25) is 0 Å². The Labute approximate surface area is 195 Å². The molecule has 0 bridgehead atoms. The fourth-order valence-electron chi connectivity index (χ4n) is 4.46. The number of amides is 2. The van der Waals surface area contributed by atoms with Crippen molar-refractivity contribution in [2.24, 2.45) is 0 Å².